The number of aldehydes is 1. The van der Waals surface area contributed by atoms with Crippen molar-refractivity contribution in [1.29, 1.82) is 0 Å². The molecule has 0 bridgehead atoms. The Morgan fingerprint density at radius 3 is 2.50 bits per heavy atom. The second kappa shape index (κ2) is 4.86. The third kappa shape index (κ3) is 2.44. The quantitative estimate of drug-likeness (QED) is 0.583. The van der Waals surface area contributed by atoms with Crippen molar-refractivity contribution in [2.75, 3.05) is 0 Å². The molecule has 0 unspecified atom stereocenters. The number of halogens is 1. The van der Waals surface area contributed by atoms with Gasteiger partial charge in [-0.05, 0) is 46.2 Å². The third-order valence-corrected chi connectivity index (χ3v) is 2.87. The van der Waals surface area contributed by atoms with Gasteiger partial charge in [0.2, 0.25) is 0 Å². The smallest absolute Gasteiger partial charge is 0.150 e. The van der Waals surface area contributed by atoms with Crippen LogP contribution in [0.2, 0.25) is 0 Å². The van der Waals surface area contributed by atoms with E-state index in [4.69, 9.17) is 0 Å². The van der Waals surface area contributed by atoms with Gasteiger partial charge in [0.25, 0.3) is 0 Å². The highest BCUT2D eigenvalue weighted by Gasteiger charge is 2.01. The monoisotopic (exact) mass is 232 g/mol. The number of thiophene rings is 1. The van der Waals surface area contributed by atoms with Crippen LogP contribution in [0.5, 0.6) is 0 Å². The van der Waals surface area contributed by atoms with Crippen molar-refractivity contribution in [3.63, 3.8) is 0 Å². The zero-order valence-electron chi connectivity index (χ0n) is 8.39. The minimum Gasteiger partial charge on any atom is -0.298 e. The molecule has 80 valence electrons. The summed E-state index contributed by atoms with van der Waals surface area (Å²) in [4.78, 5) is 11.0. The van der Waals surface area contributed by atoms with Crippen LogP contribution < -0.4 is 0 Å². The molecule has 1 heterocycles. The van der Waals surface area contributed by atoms with Crippen LogP contribution in [0.3, 0.4) is 0 Å². The van der Waals surface area contributed by atoms with Gasteiger partial charge in [-0.15, -0.1) is 0 Å². The van der Waals surface area contributed by atoms with E-state index in [1.807, 2.05) is 16.8 Å². The van der Waals surface area contributed by atoms with Gasteiger partial charge in [-0.2, -0.15) is 11.3 Å². The Kier molecular flexibility index (Phi) is 3.27. The Morgan fingerprint density at radius 2 is 1.94 bits per heavy atom. The van der Waals surface area contributed by atoms with Crippen molar-refractivity contribution in [1.82, 2.24) is 0 Å². The molecule has 3 heteroatoms. The van der Waals surface area contributed by atoms with Crippen molar-refractivity contribution in [2.24, 2.45) is 0 Å². The molecule has 2 aromatic rings. The van der Waals surface area contributed by atoms with Crippen molar-refractivity contribution in [2.45, 2.75) is 0 Å². The molecular formula is C13H9FOS. The fourth-order valence-electron chi connectivity index (χ4n) is 1.36. The summed E-state index contributed by atoms with van der Waals surface area (Å²) in [6.07, 6.45) is 2.57. The van der Waals surface area contributed by atoms with E-state index in [0.29, 0.717) is 5.57 Å². The van der Waals surface area contributed by atoms with Crippen LogP contribution in [-0.2, 0) is 4.79 Å². The fourth-order valence-corrected chi connectivity index (χ4v) is 1.98. The number of rotatable bonds is 3. The molecule has 0 atom stereocenters. The van der Waals surface area contributed by atoms with Crippen LogP contribution in [0.25, 0.3) is 11.6 Å². The largest absolute Gasteiger partial charge is 0.298 e. The third-order valence-electron chi connectivity index (χ3n) is 2.17. The average Bonchev–Trinajstić information content (AvgIpc) is 2.80. The maximum absolute atomic E-state index is 12.7. The fraction of sp³-hybridized carbons (Fsp3) is 0. The van der Waals surface area contributed by atoms with Gasteiger partial charge < -0.3 is 0 Å². The van der Waals surface area contributed by atoms with Crippen LogP contribution in [0, 0.1) is 5.82 Å². The summed E-state index contributed by atoms with van der Waals surface area (Å²) in [6, 6.07) is 7.82. The van der Waals surface area contributed by atoms with Crippen LogP contribution in [-0.4, -0.2) is 6.29 Å². The van der Waals surface area contributed by atoms with Gasteiger partial charge in [-0.25, -0.2) is 4.39 Å². The highest BCUT2D eigenvalue weighted by molar-refractivity contribution is 7.08. The van der Waals surface area contributed by atoms with Gasteiger partial charge >= 0.3 is 0 Å². The first-order valence-electron chi connectivity index (χ1n) is 4.74. The Bertz CT molecular complexity index is 497. The first-order valence-corrected chi connectivity index (χ1v) is 5.69. The molecule has 0 aliphatic carbocycles. The van der Waals surface area contributed by atoms with E-state index < -0.39 is 0 Å². The van der Waals surface area contributed by atoms with Gasteiger partial charge in [-0.1, -0.05) is 12.1 Å². The summed E-state index contributed by atoms with van der Waals surface area (Å²) < 4.78 is 12.7. The number of allylic oxidation sites excluding steroid dienone is 1. The Labute approximate surface area is 96.9 Å². The number of carbonyl (C=O) groups is 1. The van der Waals surface area contributed by atoms with E-state index in [0.717, 1.165) is 17.4 Å². The maximum Gasteiger partial charge on any atom is 0.150 e. The zero-order chi connectivity index (χ0) is 11.4. The molecule has 0 fully saturated rings. The standard InChI is InChI=1S/C13H9FOS/c14-13-3-1-11(2-4-13)12(8-15)7-10-5-6-16-9-10/h1-9H. The normalized spacial score (nSPS) is 11.4. The highest BCUT2D eigenvalue weighted by Crippen LogP contribution is 2.18. The minimum atomic E-state index is -0.301. The molecule has 0 aliphatic rings. The first kappa shape index (κ1) is 10.8. The van der Waals surface area contributed by atoms with E-state index in [1.165, 1.54) is 12.1 Å². The summed E-state index contributed by atoms with van der Waals surface area (Å²) in [5, 5.41) is 3.89. The lowest BCUT2D eigenvalue weighted by atomic mass is 10.1. The van der Waals surface area contributed by atoms with Crippen LogP contribution in [0.1, 0.15) is 11.1 Å². The molecule has 16 heavy (non-hydrogen) atoms. The minimum absolute atomic E-state index is 0.301. The molecule has 0 N–H and O–H groups in total. The van der Waals surface area contributed by atoms with E-state index >= 15 is 0 Å². The average molecular weight is 232 g/mol. The summed E-state index contributed by atoms with van der Waals surface area (Å²) in [7, 11) is 0. The number of carbonyl (C=O) groups excluding carboxylic acids is 1. The lowest BCUT2D eigenvalue weighted by molar-refractivity contribution is -0.103. The highest BCUT2D eigenvalue weighted by atomic mass is 32.1. The summed E-state index contributed by atoms with van der Waals surface area (Å²) in [5.41, 5.74) is 2.26. The summed E-state index contributed by atoms with van der Waals surface area (Å²) in [5.74, 6) is -0.301. The van der Waals surface area contributed by atoms with Crippen molar-refractivity contribution in [3.05, 3.63) is 58.0 Å². The molecule has 0 aliphatic heterocycles. The Morgan fingerprint density at radius 1 is 1.19 bits per heavy atom. The Balaban J connectivity index is 2.36. The molecule has 0 amide bonds. The SMILES string of the molecule is O=CC(=Cc1ccsc1)c1ccc(F)cc1. The van der Waals surface area contributed by atoms with E-state index in [1.54, 1.807) is 29.5 Å². The molecule has 0 saturated heterocycles. The molecular weight excluding hydrogens is 223 g/mol. The van der Waals surface area contributed by atoms with E-state index in [2.05, 4.69) is 0 Å². The predicted molar refractivity (Wildman–Crippen MR) is 64.7 cm³/mol. The number of hydrogen-bond donors (Lipinski definition) is 0. The maximum atomic E-state index is 12.7. The van der Waals surface area contributed by atoms with Crippen LogP contribution >= 0.6 is 11.3 Å². The molecule has 1 nitrogen and oxygen atoms in total. The lowest BCUT2D eigenvalue weighted by Gasteiger charge is -1.99. The van der Waals surface area contributed by atoms with Crippen molar-refractivity contribution in [3.8, 4) is 0 Å². The van der Waals surface area contributed by atoms with Crippen molar-refractivity contribution < 1.29 is 9.18 Å². The van der Waals surface area contributed by atoms with Crippen LogP contribution in [0.4, 0.5) is 4.39 Å². The molecule has 0 saturated carbocycles. The molecule has 0 spiro atoms. The predicted octanol–water partition coefficient (Wildman–Crippen LogP) is 3.63. The first-order chi connectivity index (χ1) is 7.79. The molecule has 0 radical (unpaired) electrons. The Hall–Kier alpha value is -1.74. The summed E-state index contributed by atoms with van der Waals surface area (Å²) in [6.45, 7) is 0. The van der Waals surface area contributed by atoms with Gasteiger partial charge in [-0.3, -0.25) is 4.79 Å². The van der Waals surface area contributed by atoms with Gasteiger partial charge in [0.1, 0.15) is 5.82 Å². The zero-order valence-corrected chi connectivity index (χ0v) is 9.21. The second-order valence-corrected chi connectivity index (χ2v) is 4.06. The second-order valence-electron chi connectivity index (χ2n) is 3.28. The van der Waals surface area contributed by atoms with E-state index in [9.17, 15) is 9.18 Å². The van der Waals surface area contributed by atoms with Crippen molar-refractivity contribution >= 4 is 29.3 Å². The number of benzene rings is 1. The number of hydrogen-bond acceptors (Lipinski definition) is 2. The molecule has 1 aromatic carbocycles. The van der Waals surface area contributed by atoms with Gasteiger partial charge in [0, 0.05) is 5.57 Å². The topological polar surface area (TPSA) is 17.1 Å². The lowest BCUT2D eigenvalue weighted by Crippen LogP contribution is -1.86. The van der Waals surface area contributed by atoms with E-state index in [-0.39, 0.29) is 5.82 Å². The molecule has 1 aromatic heterocycles. The van der Waals surface area contributed by atoms with Gasteiger partial charge in [0.15, 0.2) is 6.29 Å². The molecule has 2 rings (SSSR count). The van der Waals surface area contributed by atoms with Gasteiger partial charge in [0.05, 0.1) is 0 Å². The van der Waals surface area contributed by atoms with Crippen LogP contribution in [0.15, 0.2) is 41.1 Å². The summed E-state index contributed by atoms with van der Waals surface area (Å²) >= 11 is 1.57.